The van der Waals surface area contributed by atoms with Gasteiger partial charge in [0, 0.05) is 44.5 Å². The van der Waals surface area contributed by atoms with Crippen molar-refractivity contribution in [2.45, 2.75) is 13.5 Å². The number of hydrogen-bond donors (Lipinski definition) is 0. The number of anilines is 1. The SMILES string of the molecule is Cc1nn(-c2ccccc2)c(Cl)c1CN1CCN(c2ccc(Cl)cn2)CC1. The molecule has 3 heterocycles. The fourth-order valence-corrected chi connectivity index (χ4v) is 3.81. The van der Waals surface area contributed by atoms with Gasteiger partial charge >= 0.3 is 0 Å². The predicted octanol–water partition coefficient (Wildman–Crippen LogP) is 4.20. The number of benzene rings is 1. The second-order valence-electron chi connectivity index (χ2n) is 6.70. The lowest BCUT2D eigenvalue weighted by Crippen LogP contribution is -2.46. The normalized spacial score (nSPS) is 15.3. The average Bonchev–Trinajstić information content (AvgIpc) is 2.98. The van der Waals surface area contributed by atoms with Crippen molar-refractivity contribution in [3.63, 3.8) is 0 Å². The molecule has 140 valence electrons. The third-order valence-corrected chi connectivity index (χ3v) is 5.52. The maximum atomic E-state index is 6.66. The summed E-state index contributed by atoms with van der Waals surface area (Å²) in [6.07, 6.45) is 1.70. The van der Waals surface area contributed by atoms with Crippen molar-refractivity contribution in [1.29, 1.82) is 0 Å². The zero-order valence-corrected chi connectivity index (χ0v) is 16.7. The van der Waals surface area contributed by atoms with Crippen molar-refractivity contribution in [1.82, 2.24) is 19.7 Å². The first-order valence-corrected chi connectivity index (χ1v) is 9.75. The van der Waals surface area contributed by atoms with Crippen molar-refractivity contribution in [3.05, 3.63) is 70.1 Å². The Bertz CT molecular complexity index is 900. The van der Waals surface area contributed by atoms with Gasteiger partial charge in [0.25, 0.3) is 0 Å². The third kappa shape index (κ3) is 3.95. The Balaban J connectivity index is 1.43. The summed E-state index contributed by atoms with van der Waals surface area (Å²) in [5, 5.41) is 6.00. The molecule has 2 aromatic heterocycles. The van der Waals surface area contributed by atoms with Crippen molar-refractivity contribution in [2.75, 3.05) is 31.1 Å². The minimum Gasteiger partial charge on any atom is -0.354 e. The Kier molecular flexibility index (Phi) is 5.34. The number of hydrogen-bond acceptors (Lipinski definition) is 4. The molecule has 0 atom stereocenters. The van der Waals surface area contributed by atoms with Crippen LogP contribution in [0, 0.1) is 6.92 Å². The van der Waals surface area contributed by atoms with Gasteiger partial charge in [-0.25, -0.2) is 9.67 Å². The number of para-hydroxylation sites is 1. The first kappa shape index (κ1) is 18.3. The fourth-order valence-electron chi connectivity index (χ4n) is 3.37. The minimum absolute atomic E-state index is 0.665. The number of aromatic nitrogens is 3. The van der Waals surface area contributed by atoms with Crippen LogP contribution in [-0.2, 0) is 6.54 Å². The molecule has 0 unspecified atom stereocenters. The van der Waals surface area contributed by atoms with E-state index in [0.29, 0.717) is 10.2 Å². The highest BCUT2D eigenvalue weighted by Crippen LogP contribution is 2.25. The smallest absolute Gasteiger partial charge is 0.137 e. The topological polar surface area (TPSA) is 37.2 Å². The highest BCUT2D eigenvalue weighted by atomic mass is 35.5. The average molecular weight is 402 g/mol. The van der Waals surface area contributed by atoms with Crippen LogP contribution in [0.1, 0.15) is 11.3 Å². The largest absolute Gasteiger partial charge is 0.354 e. The predicted molar refractivity (Wildman–Crippen MR) is 110 cm³/mol. The second-order valence-corrected chi connectivity index (χ2v) is 7.49. The Morgan fingerprint density at radius 3 is 2.37 bits per heavy atom. The molecule has 1 aliphatic heterocycles. The molecule has 0 radical (unpaired) electrons. The summed E-state index contributed by atoms with van der Waals surface area (Å²) < 4.78 is 1.82. The molecule has 3 aromatic rings. The molecule has 0 N–H and O–H groups in total. The van der Waals surface area contributed by atoms with E-state index in [4.69, 9.17) is 23.2 Å². The second kappa shape index (κ2) is 7.89. The first-order chi connectivity index (χ1) is 13.1. The summed E-state index contributed by atoms with van der Waals surface area (Å²) in [6, 6.07) is 13.9. The van der Waals surface area contributed by atoms with E-state index >= 15 is 0 Å². The Morgan fingerprint density at radius 2 is 1.70 bits per heavy atom. The van der Waals surface area contributed by atoms with Gasteiger partial charge in [-0.2, -0.15) is 5.10 Å². The molecule has 0 spiro atoms. The first-order valence-electron chi connectivity index (χ1n) is 9.00. The number of rotatable bonds is 4. The van der Waals surface area contributed by atoms with Crippen LogP contribution >= 0.6 is 23.2 Å². The molecule has 1 saturated heterocycles. The van der Waals surface area contributed by atoms with Gasteiger partial charge in [0.15, 0.2) is 0 Å². The summed E-state index contributed by atoms with van der Waals surface area (Å²) >= 11 is 12.6. The lowest BCUT2D eigenvalue weighted by atomic mass is 10.2. The van der Waals surface area contributed by atoms with Crippen LogP contribution in [-0.4, -0.2) is 45.8 Å². The van der Waals surface area contributed by atoms with Crippen molar-refractivity contribution >= 4 is 29.0 Å². The van der Waals surface area contributed by atoms with E-state index in [-0.39, 0.29) is 0 Å². The van der Waals surface area contributed by atoms with Gasteiger partial charge in [-0.3, -0.25) is 4.90 Å². The van der Waals surface area contributed by atoms with E-state index < -0.39 is 0 Å². The van der Waals surface area contributed by atoms with Crippen LogP contribution < -0.4 is 4.90 Å². The maximum absolute atomic E-state index is 6.66. The molecule has 0 aliphatic carbocycles. The van der Waals surface area contributed by atoms with Crippen LogP contribution in [0.25, 0.3) is 5.69 Å². The molecule has 1 fully saturated rings. The molecule has 1 aromatic carbocycles. The lowest BCUT2D eigenvalue weighted by molar-refractivity contribution is 0.249. The van der Waals surface area contributed by atoms with Gasteiger partial charge < -0.3 is 4.90 Å². The van der Waals surface area contributed by atoms with Crippen LogP contribution in [0.4, 0.5) is 5.82 Å². The van der Waals surface area contributed by atoms with Gasteiger partial charge in [0.1, 0.15) is 11.0 Å². The van der Waals surface area contributed by atoms with E-state index in [1.54, 1.807) is 6.20 Å². The molecular weight excluding hydrogens is 381 g/mol. The van der Waals surface area contributed by atoms with E-state index in [0.717, 1.165) is 55.5 Å². The van der Waals surface area contributed by atoms with Crippen LogP contribution in [0.15, 0.2) is 48.7 Å². The number of piperazine rings is 1. The fraction of sp³-hybridized carbons (Fsp3) is 0.300. The number of halogens is 2. The standard InChI is InChI=1S/C20H21Cl2N5/c1-15-18(20(22)27(24-15)17-5-3-2-4-6-17)14-25-9-11-26(12-10-25)19-8-7-16(21)13-23-19/h2-8,13H,9-12,14H2,1H3. The molecule has 1 aliphatic rings. The molecule has 5 nitrogen and oxygen atoms in total. The van der Waals surface area contributed by atoms with Gasteiger partial charge in [0.05, 0.1) is 16.4 Å². The van der Waals surface area contributed by atoms with E-state index in [2.05, 4.69) is 19.9 Å². The van der Waals surface area contributed by atoms with Gasteiger partial charge in [0.2, 0.25) is 0 Å². The maximum Gasteiger partial charge on any atom is 0.137 e. The van der Waals surface area contributed by atoms with Crippen molar-refractivity contribution < 1.29 is 0 Å². The van der Waals surface area contributed by atoms with Crippen LogP contribution in [0.2, 0.25) is 10.2 Å². The highest BCUT2D eigenvalue weighted by molar-refractivity contribution is 6.30. The summed E-state index contributed by atoms with van der Waals surface area (Å²) in [6.45, 7) is 6.59. The van der Waals surface area contributed by atoms with Crippen molar-refractivity contribution in [3.8, 4) is 5.69 Å². The van der Waals surface area contributed by atoms with E-state index in [1.165, 1.54) is 0 Å². The van der Waals surface area contributed by atoms with Gasteiger partial charge in [-0.15, -0.1) is 0 Å². The molecule has 0 saturated carbocycles. The van der Waals surface area contributed by atoms with E-state index in [1.807, 2.05) is 54.1 Å². The summed E-state index contributed by atoms with van der Waals surface area (Å²) in [5.41, 5.74) is 3.06. The zero-order valence-electron chi connectivity index (χ0n) is 15.1. The van der Waals surface area contributed by atoms with Crippen LogP contribution in [0.3, 0.4) is 0 Å². The van der Waals surface area contributed by atoms with E-state index in [9.17, 15) is 0 Å². The Morgan fingerprint density at radius 1 is 0.963 bits per heavy atom. The monoisotopic (exact) mass is 401 g/mol. The number of nitrogens with zero attached hydrogens (tertiary/aromatic N) is 5. The summed E-state index contributed by atoms with van der Waals surface area (Å²) in [7, 11) is 0. The quantitative estimate of drug-likeness (QED) is 0.656. The van der Waals surface area contributed by atoms with Crippen molar-refractivity contribution in [2.24, 2.45) is 0 Å². The summed E-state index contributed by atoms with van der Waals surface area (Å²) in [5.74, 6) is 0.977. The Hall–Kier alpha value is -2.08. The molecule has 0 bridgehead atoms. The highest BCUT2D eigenvalue weighted by Gasteiger charge is 2.22. The number of aryl methyl sites for hydroxylation is 1. The molecule has 7 heteroatoms. The molecule has 4 rings (SSSR count). The molecular formula is C20H21Cl2N5. The number of pyridine rings is 1. The minimum atomic E-state index is 0.665. The molecule has 0 amide bonds. The molecule has 27 heavy (non-hydrogen) atoms. The lowest BCUT2D eigenvalue weighted by Gasteiger charge is -2.35. The zero-order chi connectivity index (χ0) is 18.8. The van der Waals surface area contributed by atoms with Crippen LogP contribution in [0.5, 0.6) is 0 Å². The van der Waals surface area contributed by atoms with Gasteiger partial charge in [-0.1, -0.05) is 41.4 Å². The Labute approximate surface area is 169 Å². The third-order valence-electron chi connectivity index (χ3n) is 4.91. The summed E-state index contributed by atoms with van der Waals surface area (Å²) in [4.78, 5) is 9.12. The van der Waals surface area contributed by atoms with Gasteiger partial charge in [-0.05, 0) is 31.2 Å².